The second kappa shape index (κ2) is 7.88. The van der Waals surface area contributed by atoms with Crippen molar-refractivity contribution in [1.29, 1.82) is 0 Å². The molecule has 1 aromatic carbocycles. The Labute approximate surface area is 149 Å². The van der Waals surface area contributed by atoms with Gasteiger partial charge in [-0.1, -0.05) is 44.1 Å². The molecule has 0 aliphatic rings. The Morgan fingerprint density at radius 2 is 1.88 bits per heavy atom. The van der Waals surface area contributed by atoms with Crippen LogP contribution in [0.3, 0.4) is 0 Å². The van der Waals surface area contributed by atoms with Crippen LogP contribution in [0, 0.1) is 0 Å². The number of carbonyl (C=O) groups is 1. The summed E-state index contributed by atoms with van der Waals surface area (Å²) in [6.45, 7) is 5.45. The molecule has 0 saturated heterocycles. The Hall–Kier alpha value is -2.38. The predicted octanol–water partition coefficient (Wildman–Crippen LogP) is 4.45. The summed E-state index contributed by atoms with van der Waals surface area (Å²) in [5.41, 5.74) is -1.10. The van der Waals surface area contributed by atoms with Crippen molar-refractivity contribution in [2.24, 2.45) is 0 Å². The third-order valence-electron chi connectivity index (χ3n) is 3.62. The lowest BCUT2D eigenvalue weighted by Gasteiger charge is -2.12. The van der Waals surface area contributed by atoms with Crippen molar-refractivity contribution in [1.82, 2.24) is 10.1 Å². The molecular weight excluding hydrogens is 349 g/mol. The maximum atomic E-state index is 12.9. The van der Waals surface area contributed by atoms with Crippen LogP contribution in [-0.4, -0.2) is 16.1 Å². The largest absolute Gasteiger partial charge is 0.461 e. The first kappa shape index (κ1) is 19.9. The number of rotatable bonds is 6. The molecule has 2 aromatic rings. The minimum Gasteiger partial charge on any atom is -0.461 e. The molecule has 2 rings (SSSR count). The fourth-order valence-electron chi connectivity index (χ4n) is 2.20. The van der Waals surface area contributed by atoms with Crippen LogP contribution < -0.4 is 0 Å². The zero-order valence-corrected chi connectivity index (χ0v) is 14.9. The maximum Gasteiger partial charge on any atom is 0.416 e. The van der Waals surface area contributed by atoms with Gasteiger partial charge in [-0.15, -0.1) is 0 Å². The number of ether oxygens (including phenoxy) is 1. The van der Waals surface area contributed by atoms with Crippen LogP contribution in [0.15, 0.2) is 28.8 Å². The van der Waals surface area contributed by atoms with Crippen molar-refractivity contribution >= 4 is 5.97 Å². The Kier molecular flexibility index (Phi) is 6.05. The van der Waals surface area contributed by atoms with Crippen LogP contribution in [0.4, 0.5) is 13.2 Å². The van der Waals surface area contributed by atoms with Crippen LogP contribution in [0.1, 0.15) is 56.5 Å². The van der Waals surface area contributed by atoms with Gasteiger partial charge in [0.05, 0.1) is 5.56 Å². The van der Waals surface area contributed by atoms with E-state index in [9.17, 15) is 18.0 Å². The van der Waals surface area contributed by atoms with E-state index in [1.165, 1.54) is 18.2 Å². The second-order valence-corrected chi connectivity index (χ2v) is 6.93. The number of alkyl halides is 3. The number of esters is 1. The van der Waals surface area contributed by atoms with E-state index in [4.69, 9.17) is 9.26 Å². The molecular formula is C18H21F3N2O3. The lowest BCUT2D eigenvalue weighted by molar-refractivity contribution is -0.147. The minimum atomic E-state index is -4.48. The third-order valence-corrected chi connectivity index (χ3v) is 3.62. The molecule has 1 heterocycles. The quantitative estimate of drug-likeness (QED) is 0.703. The normalized spacial score (nSPS) is 12.2. The topological polar surface area (TPSA) is 65.2 Å². The van der Waals surface area contributed by atoms with Crippen LogP contribution in [0.2, 0.25) is 0 Å². The van der Waals surface area contributed by atoms with E-state index in [2.05, 4.69) is 10.1 Å². The van der Waals surface area contributed by atoms with E-state index >= 15 is 0 Å². The van der Waals surface area contributed by atoms with Gasteiger partial charge in [-0.25, -0.2) is 0 Å². The third kappa shape index (κ3) is 5.57. The van der Waals surface area contributed by atoms with Crippen molar-refractivity contribution in [2.75, 3.05) is 0 Å². The van der Waals surface area contributed by atoms with Gasteiger partial charge in [0.15, 0.2) is 5.82 Å². The average molecular weight is 370 g/mol. The fraction of sp³-hybridized carbons (Fsp3) is 0.500. The zero-order chi connectivity index (χ0) is 19.4. The summed E-state index contributed by atoms with van der Waals surface area (Å²) in [6.07, 6.45) is -3.62. The van der Waals surface area contributed by atoms with Crippen molar-refractivity contribution in [3.05, 3.63) is 47.1 Å². The highest BCUT2D eigenvalue weighted by Crippen LogP contribution is 2.32. The van der Waals surface area contributed by atoms with Gasteiger partial charge in [-0.3, -0.25) is 4.79 Å². The molecule has 8 heteroatoms. The highest BCUT2D eigenvalue weighted by atomic mass is 19.4. The molecule has 1 aromatic heterocycles. The summed E-state index contributed by atoms with van der Waals surface area (Å²) < 4.78 is 48.7. The Balaban J connectivity index is 1.81. The van der Waals surface area contributed by atoms with E-state index in [0.29, 0.717) is 24.6 Å². The van der Waals surface area contributed by atoms with Crippen molar-refractivity contribution in [3.63, 3.8) is 0 Å². The van der Waals surface area contributed by atoms with E-state index in [-0.39, 0.29) is 17.4 Å². The highest BCUT2D eigenvalue weighted by molar-refractivity contribution is 5.69. The molecule has 142 valence electrons. The molecule has 0 bridgehead atoms. The Morgan fingerprint density at radius 3 is 2.50 bits per heavy atom. The smallest absolute Gasteiger partial charge is 0.416 e. The van der Waals surface area contributed by atoms with Gasteiger partial charge in [0.2, 0.25) is 5.89 Å². The number of hydrogen-bond acceptors (Lipinski definition) is 5. The number of halogens is 3. The van der Waals surface area contributed by atoms with Crippen molar-refractivity contribution in [2.45, 2.75) is 58.2 Å². The zero-order valence-electron chi connectivity index (χ0n) is 14.9. The van der Waals surface area contributed by atoms with Crippen molar-refractivity contribution in [3.8, 4) is 0 Å². The number of hydrogen-bond donors (Lipinski definition) is 0. The Bertz CT molecular complexity index is 749. The number of nitrogens with zero attached hydrogens (tertiary/aromatic N) is 2. The van der Waals surface area contributed by atoms with Gasteiger partial charge in [0, 0.05) is 23.8 Å². The molecule has 0 spiro atoms. The van der Waals surface area contributed by atoms with Gasteiger partial charge < -0.3 is 9.26 Å². The molecule has 0 aliphatic heterocycles. The summed E-state index contributed by atoms with van der Waals surface area (Å²) in [4.78, 5) is 16.0. The Morgan fingerprint density at radius 1 is 1.19 bits per heavy atom. The molecule has 0 atom stereocenters. The number of aromatic nitrogens is 2. The van der Waals surface area contributed by atoms with Crippen LogP contribution in [0.25, 0.3) is 0 Å². The van der Waals surface area contributed by atoms with Gasteiger partial charge in [0.25, 0.3) is 0 Å². The molecule has 5 nitrogen and oxygen atoms in total. The summed E-state index contributed by atoms with van der Waals surface area (Å²) in [7, 11) is 0. The lowest BCUT2D eigenvalue weighted by Crippen LogP contribution is -2.13. The molecule has 0 N–H and O–H groups in total. The molecule has 0 saturated carbocycles. The van der Waals surface area contributed by atoms with Gasteiger partial charge >= 0.3 is 12.1 Å². The van der Waals surface area contributed by atoms with E-state index in [1.807, 2.05) is 20.8 Å². The summed E-state index contributed by atoms with van der Waals surface area (Å²) in [5.74, 6) is 0.432. The van der Waals surface area contributed by atoms with E-state index in [0.717, 1.165) is 6.07 Å². The average Bonchev–Trinajstić information content (AvgIpc) is 3.01. The standard InChI is InChI=1S/C18H21F3N2O3/c1-17(2,3)16-22-14(26-23-16)9-6-10-15(24)25-11-12-7-4-5-8-13(12)18(19,20)21/h4-5,7-8H,6,9-11H2,1-3H3. The molecule has 26 heavy (non-hydrogen) atoms. The number of aryl methyl sites for hydroxylation is 1. The second-order valence-electron chi connectivity index (χ2n) is 6.93. The van der Waals surface area contributed by atoms with Crippen LogP contribution >= 0.6 is 0 Å². The first-order valence-electron chi connectivity index (χ1n) is 8.21. The predicted molar refractivity (Wildman–Crippen MR) is 87.2 cm³/mol. The van der Waals surface area contributed by atoms with Gasteiger partial charge in [-0.2, -0.15) is 18.2 Å². The van der Waals surface area contributed by atoms with E-state index < -0.39 is 24.3 Å². The lowest BCUT2D eigenvalue weighted by atomic mass is 9.96. The molecule has 0 radical (unpaired) electrons. The first-order valence-corrected chi connectivity index (χ1v) is 8.21. The SMILES string of the molecule is CC(C)(C)c1noc(CCCC(=O)OCc2ccccc2C(F)(F)F)n1. The summed E-state index contributed by atoms with van der Waals surface area (Å²) >= 11 is 0. The highest BCUT2D eigenvalue weighted by Gasteiger charge is 2.33. The number of benzene rings is 1. The van der Waals surface area contributed by atoms with Gasteiger partial charge in [0.1, 0.15) is 6.61 Å². The molecule has 0 aliphatic carbocycles. The number of carbonyl (C=O) groups excluding carboxylic acids is 1. The van der Waals surface area contributed by atoms with Crippen LogP contribution in [0.5, 0.6) is 0 Å². The molecule has 0 amide bonds. The van der Waals surface area contributed by atoms with Crippen LogP contribution in [-0.2, 0) is 34.2 Å². The molecule has 0 fully saturated rings. The van der Waals surface area contributed by atoms with Crippen molar-refractivity contribution < 1.29 is 27.2 Å². The maximum absolute atomic E-state index is 12.9. The van der Waals surface area contributed by atoms with Gasteiger partial charge in [-0.05, 0) is 12.5 Å². The summed E-state index contributed by atoms with van der Waals surface area (Å²) in [6, 6.07) is 5.03. The summed E-state index contributed by atoms with van der Waals surface area (Å²) in [5, 5.41) is 3.89. The van der Waals surface area contributed by atoms with E-state index in [1.54, 1.807) is 0 Å². The monoisotopic (exact) mass is 370 g/mol. The first-order chi connectivity index (χ1) is 12.1. The minimum absolute atomic E-state index is 0.0570. The molecule has 0 unspecified atom stereocenters. The fourth-order valence-corrected chi connectivity index (χ4v) is 2.20.